The quantitative estimate of drug-likeness (QED) is 0.859. The van der Waals surface area contributed by atoms with Gasteiger partial charge in [-0.15, -0.1) is 0 Å². The zero-order valence-corrected chi connectivity index (χ0v) is 15.9. The van der Waals surface area contributed by atoms with Crippen LogP contribution in [0.5, 0.6) is 11.6 Å². The van der Waals surface area contributed by atoms with Crippen LogP contribution in [0.4, 0.5) is 5.69 Å². The molecule has 1 saturated carbocycles. The number of likely N-dealkylation sites (tertiary alicyclic amines) is 1. The second kappa shape index (κ2) is 7.43. The molecule has 5 rings (SSSR count). The maximum atomic E-state index is 13.0. The second-order valence-corrected chi connectivity index (χ2v) is 7.88. The van der Waals surface area contributed by atoms with Gasteiger partial charge in [-0.25, -0.2) is 4.98 Å². The molecule has 1 aromatic carbocycles. The maximum Gasteiger partial charge on any atom is 0.260 e. The van der Waals surface area contributed by atoms with Crippen LogP contribution in [-0.4, -0.2) is 35.2 Å². The van der Waals surface area contributed by atoms with Crippen molar-refractivity contribution in [2.45, 2.75) is 50.6 Å². The highest BCUT2D eigenvalue weighted by Crippen LogP contribution is 2.40. The van der Waals surface area contributed by atoms with Crippen LogP contribution < -0.4 is 14.8 Å². The normalized spacial score (nSPS) is 21.5. The molecule has 146 valence electrons. The van der Waals surface area contributed by atoms with E-state index in [-0.39, 0.29) is 18.7 Å². The highest BCUT2D eigenvalue weighted by atomic mass is 16.7. The molecule has 0 bridgehead atoms. The number of amides is 1. The minimum atomic E-state index is -0.136. The van der Waals surface area contributed by atoms with Crippen molar-refractivity contribution in [1.82, 2.24) is 9.88 Å². The lowest BCUT2D eigenvalue weighted by atomic mass is 10.00. The lowest BCUT2D eigenvalue weighted by Gasteiger charge is -2.34. The van der Waals surface area contributed by atoms with Crippen LogP contribution >= 0.6 is 0 Å². The molecule has 2 aromatic rings. The molecule has 3 heterocycles. The van der Waals surface area contributed by atoms with Gasteiger partial charge in [0.25, 0.3) is 5.88 Å². The number of hydrogen-bond acceptors (Lipinski definition) is 5. The zero-order valence-electron chi connectivity index (χ0n) is 15.9. The molecule has 1 saturated heterocycles. The molecular weight excluding hydrogens is 354 g/mol. The summed E-state index contributed by atoms with van der Waals surface area (Å²) in [4.78, 5) is 19.5. The van der Waals surface area contributed by atoms with Crippen molar-refractivity contribution in [2.75, 3.05) is 18.7 Å². The molecule has 6 nitrogen and oxygen atoms in total. The second-order valence-electron chi connectivity index (χ2n) is 7.88. The van der Waals surface area contributed by atoms with E-state index in [0.717, 1.165) is 43.0 Å². The molecule has 1 N–H and O–H groups in total. The average molecular weight is 379 g/mol. The van der Waals surface area contributed by atoms with E-state index < -0.39 is 0 Å². The highest BCUT2D eigenvalue weighted by Gasteiger charge is 2.31. The highest BCUT2D eigenvalue weighted by molar-refractivity contribution is 5.94. The third-order valence-corrected chi connectivity index (χ3v) is 5.87. The van der Waals surface area contributed by atoms with Crippen molar-refractivity contribution in [1.29, 1.82) is 0 Å². The fraction of sp³-hybridized carbons (Fsp3) is 0.455. The molecular formula is C22H25N3O3. The van der Waals surface area contributed by atoms with Crippen LogP contribution in [0.1, 0.15) is 49.1 Å². The first-order chi connectivity index (χ1) is 13.8. The summed E-state index contributed by atoms with van der Waals surface area (Å²) in [6, 6.07) is 10.2. The Balaban J connectivity index is 1.28. The van der Waals surface area contributed by atoms with Gasteiger partial charge in [-0.3, -0.25) is 9.69 Å². The van der Waals surface area contributed by atoms with Crippen molar-refractivity contribution < 1.29 is 14.3 Å². The van der Waals surface area contributed by atoms with E-state index in [0.29, 0.717) is 18.2 Å². The molecule has 2 fully saturated rings. The summed E-state index contributed by atoms with van der Waals surface area (Å²) in [5.41, 5.74) is 3.28. The fourth-order valence-electron chi connectivity index (χ4n) is 4.17. The first kappa shape index (κ1) is 17.5. The van der Waals surface area contributed by atoms with Crippen LogP contribution in [0.25, 0.3) is 0 Å². The fourth-order valence-corrected chi connectivity index (χ4v) is 4.17. The largest absolute Gasteiger partial charge is 0.451 e. The topological polar surface area (TPSA) is 63.7 Å². The molecule has 0 spiro atoms. The molecule has 3 aliphatic rings. The number of benzene rings is 1. The van der Waals surface area contributed by atoms with Crippen LogP contribution in [-0.2, 0) is 11.3 Å². The third-order valence-electron chi connectivity index (χ3n) is 5.87. The van der Waals surface area contributed by atoms with Gasteiger partial charge in [0.1, 0.15) is 0 Å². The Morgan fingerprint density at radius 1 is 1.11 bits per heavy atom. The van der Waals surface area contributed by atoms with E-state index in [2.05, 4.69) is 27.3 Å². The predicted molar refractivity (Wildman–Crippen MR) is 105 cm³/mol. The summed E-state index contributed by atoms with van der Waals surface area (Å²) >= 11 is 0. The number of nitrogens with one attached hydrogen (secondary N) is 1. The van der Waals surface area contributed by atoms with Gasteiger partial charge in [0.15, 0.2) is 5.75 Å². The van der Waals surface area contributed by atoms with Crippen molar-refractivity contribution in [2.24, 2.45) is 0 Å². The van der Waals surface area contributed by atoms with Crippen molar-refractivity contribution in [3.05, 3.63) is 47.7 Å². The predicted octanol–water partition coefficient (Wildman–Crippen LogP) is 3.68. The van der Waals surface area contributed by atoms with Gasteiger partial charge in [0.2, 0.25) is 12.7 Å². The van der Waals surface area contributed by atoms with Gasteiger partial charge in [-0.2, -0.15) is 0 Å². The maximum absolute atomic E-state index is 13.0. The Bertz CT molecular complexity index is 864. The Hall–Kier alpha value is -2.60. The van der Waals surface area contributed by atoms with Crippen LogP contribution in [0.2, 0.25) is 0 Å². The number of carbonyl (C=O) groups is 1. The van der Waals surface area contributed by atoms with Crippen LogP contribution in [0.15, 0.2) is 36.5 Å². The number of fused-ring (bicyclic) bond motifs is 1. The van der Waals surface area contributed by atoms with Crippen molar-refractivity contribution >= 4 is 11.6 Å². The standard InChI is InChI=1S/C22H25N3O3/c26-21(24-18-8-6-16(7-9-18)15-4-5-15)19-3-1-2-12-25(19)13-17-10-11-23-22-20(17)27-14-28-22/h6-11,15,19H,1-5,12-14H2,(H,24,26). The Morgan fingerprint density at radius 3 is 2.79 bits per heavy atom. The van der Waals surface area contributed by atoms with Gasteiger partial charge < -0.3 is 14.8 Å². The minimum absolute atomic E-state index is 0.0711. The zero-order chi connectivity index (χ0) is 18.9. The Labute approximate surface area is 164 Å². The van der Waals surface area contributed by atoms with Crippen LogP contribution in [0, 0.1) is 0 Å². The summed E-state index contributed by atoms with van der Waals surface area (Å²) in [6.45, 7) is 1.77. The van der Waals surface area contributed by atoms with Gasteiger partial charge in [0.05, 0.1) is 6.04 Å². The Morgan fingerprint density at radius 2 is 1.96 bits per heavy atom. The molecule has 1 aromatic heterocycles. The smallest absolute Gasteiger partial charge is 0.260 e. The molecule has 0 radical (unpaired) electrons. The molecule has 1 aliphatic carbocycles. The van der Waals surface area contributed by atoms with Gasteiger partial charge >= 0.3 is 0 Å². The molecule has 6 heteroatoms. The minimum Gasteiger partial charge on any atom is -0.451 e. The van der Waals surface area contributed by atoms with E-state index in [1.54, 1.807) is 6.20 Å². The van der Waals surface area contributed by atoms with E-state index in [9.17, 15) is 4.79 Å². The van der Waals surface area contributed by atoms with E-state index in [1.807, 2.05) is 18.2 Å². The number of piperidine rings is 1. The summed E-state index contributed by atoms with van der Waals surface area (Å²) in [6.07, 6.45) is 7.36. The average Bonchev–Trinajstić information content (AvgIpc) is 3.46. The van der Waals surface area contributed by atoms with Gasteiger partial charge in [0, 0.05) is 24.0 Å². The number of anilines is 1. The summed E-state index contributed by atoms with van der Waals surface area (Å²) in [7, 11) is 0. The number of aromatic nitrogens is 1. The molecule has 28 heavy (non-hydrogen) atoms. The lowest BCUT2D eigenvalue weighted by Crippen LogP contribution is -2.46. The number of rotatable bonds is 5. The number of nitrogens with zero attached hydrogens (tertiary/aromatic N) is 2. The number of hydrogen-bond donors (Lipinski definition) is 1. The lowest BCUT2D eigenvalue weighted by molar-refractivity contribution is -0.122. The van der Waals surface area contributed by atoms with Crippen LogP contribution in [0.3, 0.4) is 0 Å². The van der Waals surface area contributed by atoms with E-state index in [4.69, 9.17) is 9.47 Å². The van der Waals surface area contributed by atoms with Crippen molar-refractivity contribution in [3.63, 3.8) is 0 Å². The number of ether oxygens (including phenoxy) is 2. The summed E-state index contributed by atoms with van der Waals surface area (Å²) in [5.74, 6) is 2.06. The van der Waals surface area contributed by atoms with Crippen molar-refractivity contribution in [3.8, 4) is 11.6 Å². The third kappa shape index (κ3) is 3.56. The van der Waals surface area contributed by atoms with E-state index >= 15 is 0 Å². The first-order valence-electron chi connectivity index (χ1n) is 10.2. The number of pyridine rings is 1. The Kier molecular flexibility index (Phi) is 4.64. The van der Waals surface area contributed by atoms with Gasteiger partial charge in [-0.05, 0) is 61.9 Å². The summed E-state index contributed by atoms with van der Waals surface area (Å²) < 4.78 is 11.0. The molecule has 1 unspecified atom stereocenters. The first-order valence-corrected chi connectivity index (χ1v) is 10.2. The van der Waals surface area contributed by atoms with E-state index in [1.165, 1.54) is 18.4 Å². The van der Waals surface area contributed by atoms with Gasteiger partial charge in [-0.1, -0.05) is 18.6 Å². The SMILES string of the molecule is O=C(Nc1ccc(C2CC2)cc1)C1CCCCN1Cc1ccnc2c1OCO2. The molecule has 1 atom stereocenters. The summed E-state index contributed by atoms with van der Waals surface area (Å²) in [5, 5.41) is 3.12. The molecule has 1 amide bonds. The number of carbonyl (C=O) groups excluding carboxylic acids is 1. The monoisotopic (exact) mass is 379 g/mol. The molecule has 2 aliphatic heterocycles.